The number of amides is 2. The van der Waals surface area contributed by atoms with Crippen LogP contribution in [-0.2, 0) is 27.3 Å². The van der Waals surface area contributed by atoms with Gasteiger partial charge < -0.3 is 19.4 Å². The molecule has 2 amide bonds. The van der Waals surface area contributed by atoms with Crippen LogP contribution in [0.1, 0.15) is 60.4 Å². The third kappa shape index (κ3) is 4.29. The number of nitrogens with zero attached hydrogens (tertiary/aromatic N) is 5. The summed E-state index contributed by atoms with van der Waals surface area (Å²) in [5.74, 6) is 1.76. The van der Waals surface area contributed by atoms with Gasteiger partial charge >= 0.3 is 0 Å². The second-order valence-corrected chi connectivity index (χ2v) is 9.93. The van der Waals surface area contributed by atoms with Crippen LogP contribution in [0.3, 0.4) is 0 Å². The van der Waals surface area contributed by atoms with Gasteiger partial charge in [0, 0.05) is 51.4 Å². The van der Waals surface area contributed by atoms with Gasteiger partial charge in [0.2, 0.25) is 11.8 Å². The van der Waals surface area contributed by atoms with Gasteiger partial charge in [0.25, 0.3) is 0 Å². The fraction of sp³-hybridized carbons (Fsp3) is 0.615. The number of carbonyl (C=O) groups is 2. The number of aromatic nitrogens is 1. The summed E-state index contributed by atoms with van der Waals surface area (Å²) in [4.78, 5) is 36.4. The molecule has 1 aromatic rings. The number of anilines is 1. The Morgan fingerprint density at radius 2 is 2.00 bits per heavy atom. The number of ether oxygens (including phenoxy) is 1. The average molecular weight is 464 g/mol. The number of nitriles is 1. The maximum absolute atomic E-state index is 12.9. The van der Waals surface area contributed by atoms with Crippen molar-refractivity contribution >= 4 is 17.6 Å². The summed E-state index contributed by atoms with van der Waals surface area (Å²) in [5.41, 5.74) is 3.84. The second kappa shape index (κ2) is 9.38. The summed E-state index contributed by atoms with van der Waals surface area (Å²) in [6.07, 6.45) is 7.02. The fourth-order valence-electron chi connectivity index (χ4n) is 5.54. The summed E-state index contributed by atoms with van der Waals surface area (Å²) in [5, 5.41) is 10.2. The predicted molar refractivity (Wildman–Crippen MR) is 127 cm³/mol. The molecule has 4 aliphatic rings. The maximum Gasteiger partial charge on any atom is 0.246 e. The van der Waals surface area contributed by atoms with Crippen LogP contribution in [0.25, 0.3) is 0 Å². The highest BCUT2D eigenvalue weighted by molar-refractivity contribution is 5.87. The highest BCUT2D eigenvalue weighted by atomic mass is 16.5. The summed E-state index contributed by atoms with van der Waals surface area (Å²) in [7, 11) is 1.62. The van der Waals surface area contributed by atoms with E-state index in [-0.39, 0.29) is 17.9 Å². The average Bonchev–Trinajstić information content (AvgIpc) is 3.78. The van der Waals surface area contributed by atoms with E-state index in [0.29, 0.717) is 63.2 Å². The molecule has 8 nitrogen and oxygen atoms in total. The molecule has 8 heteroatoms. The van der Waals surface area contributed by atoms with E-state index in [1.165, 1.54) is 11.6 Å². The van der Waals surface area contributed by atoms with E-state index in [1.807, 2.05) is 4.90 Å². The Kier molecular flexibility index (Phi) is 6.30. The van der Waals surface area contributed by atoms with Crippen molar-refractivity contribution in [2.45, 2.75) is 57.0 Å². The summed E-state index contributed by atoms with van der Waals surface area (Å²) < 4.78 is 5.13. The van der Waals surface area contributed by atoms with Crippen molar-refractivity contribution in [3.63, 3.8) is 0 Å². The summed E-state index contributed by atoms with van der Waals surface area (Å²) >= 11 is 0. The highest BCUT2D eigenvalue weighted by Gasteiger charge is 2.42. The molecule has 2 aliphatic carbocycles. The Bertz CT molecular complexity index is 1040. The van der Waals surface area contributed by atoms with E-state index in [4.69, 9.17) is 9.72 Å². The molecule has 180 valence electrons. The molecule has 2 aliphatic heterocycles. The molecule has 0 spiro atoms. The first kappa shape index (κ1) is 22.9. The van der Waals surface area contributed by atoms with Crippen molar-refractivity contribution in [3.8, 4) is 6.07 Å². The first-order valence-electron chi connectivity index (χ1n) is 12.5. The van der Waals surface area contributed by atoms with Crippen molar-refractivity contribution in [1.82, 2.24) is 14.8 Å². The number of fused-ring (bicyclic) bond motifs is 1. The first-order chi connectivity index (χ1) is 16.5. The van der Waals surface area contributed by atoms with Crippen LogP contribution in [0.4, 0.5) is 5.82 Å². The minimum absolute atomic E-state index is 0.0992. The lowest BCUT2D eigenvalue weighted by Gasteiger charge is -2.43. The van der Waals surface area contributed by atoms with Gasteiger partial charge in [0.1, 0.15) is 11.9 Å². The Hall–Kier alpha value is -2.92. The quantitative estimate of drug-likeness (QED) is 0.577. The molecule has 0 N–H and O–H groups in total. The monoisotopic (exact) mass is 463 g/mol. The van der Waals surface area contributed by atoms with E-state index in [1.54, 1.807) is 12.0 Å². The van der Waals surface area contributed by atoms with Crippen LogP contribution in [0, 0.1) is 17.2 Å². The third-order valence-corrected chi connectivity index (χ3v) is 7.69. The molecule has 3 heterocycles. The fourth-order valence-corrected chi connectivity index (χ4v) is 5.54. The molecule has 1 atom stereocenters. The van der Waals surface area contributed by atoms with E-state index >= 15 is 0 Å². The molecular weight excluding hydrogens is 430 g/mol. The molecule has 0 bridgehead atoms. The van der Waals surface area contributed by atoms with Crippen LogP contribution in [0.2, 0.25) is 0 Å². The maximum atomic E-state index is 12.9. The van der Waals surface area contributed by atoms with Crippen molar-refractivity contribution in [1.29, 1.82) is 5.26 Å². The van der Waals surface area contributed by atoms with Crippen LogP contribution in [0.15, 0.2) is 12.7 Å². The smallest absolute Gasteiger partial charge is 0.246 e. The molecule has 1 unspecified atom stereocenters. The van der Waals surface area contributed by atoms with E-state index in [2.05, 4.69) is 17.5 Å². The van der Waals surface area contributed by atoms with Gasteiger partial charge in [-0.1, -0.05) is 6.58 Å². The first-order valence-corrected chi connectivity index (χ1v) is 12.5. The van der Waals surface area contributed by atoms with Crippen molar-refractivity contribution in [2.75, 3.05) is 44.8 Å². The normalized spacial score (nSPS) is 22.2. The van der Waals surface area contributed by atoms with Gasteiger partial charge in [-0.25, -0.2) is 4.98 Å². The summed E-state index contributed by atoms with van der Waals surface area (Å²) in [6, 6.07) is 2.59. The lowest BCUT2D eigenvalue weighted by Crippen LogP contribution is -2.56. The van der Waals surface area contributed by atoms with Crippen molar-refractivity contribution in [2.24, 2.45) is 5.92 Å². The third-order valence-electron chi connectivity index (χ3n) is 7.69. The topological polar surface area (TPSA) is 89.8 Å². The molecular formula is C26H33N5O3. The molecule has 0 radical (unpaired) electrons. The number of carbonyl (C=O) groups excluding carboxylic acids is 2. The number of pyridine rings is 1. The van der Waals surface area contributed by atoms with Gasteiger partial charge in [-0.3, -0.25) is 9.59 Å². The van der Waals surface area contributed by atoms with Gasteiger partial charge in [0.05, 0.1) is 24.6 Å². The Morgan fingerprint density at radius 3 is 2.65 bits per heavy atom. The Labute approximate surface area is 201 Å². The predicted octanol–water partition coefficient (Wildman–Crippen LogP) is 2.37. The lowest BCUT2D eigenvalue weighted by atomic mass is 9.92. The molecule has 0 aromatic carbocycles. The van der Waals surface area contributed by atoms with Gasteiger partial charge in [-0.05, 0) is 55.2 Å². The number of methoxy groups -OCH3 is 1. The van der Waals surface area contributed by atoms with Crippen LogP contribution >= 0.6 is 0 Å². The van der Waals surface area contributed by atoms with E-state index in [9.17, 15) is 14.9 Å². The van der Waals surface area contributed by atoms with Gasteiger partial charge in [0.15, 0.2) is 0 Å². The van der Waals surface area contributed by atoms with Crippen molar-refractivity contribution in [3.05, 3.63) is 35.0 Å². The Balaban J connectivity index is 1.47. The largest absolute Gasteiger partial charge is 0.384 e. The second-order valence-electron chi connectivity index (χ2n) is 9.93. The lowest BCUT2D eigenvalue weighted by molar-refractivity contribution is -0.135. The molecule has 34 heavy (non-hydrogen) atoms. The molecule has 1 saturated heterocycles. The van der Waals surface area contributed by atoms with Gasteiger partial charge in [-0.15, -0.1) is 0 Å². The molecule has 5 rings (SSSR count). The van der Waals surface area contributed by atoms with Crippen LogP contribution in [-0.4, -0.2) is 72.5 Å². The molecule has 1 aromatic heterocycles. The van der Waals surface area contributed by atoms with E-state index in [0.717, 1.165) is 49.2 Å². The zero-order valence-corrected chi connectivity index (χ0v) is 20.0. The van der Waals surface area contributed by atoms with Crippen molar-refractivity contribution < 1.29 is 14.3 Å². The number of rotatable bonds is 7. The standard InChI is InChI=1S/C26H33N5O3/c1-3-23(32)29-10-8-19-21(15-29)20(14-27)26(28-25(19)18-6-7-18)30-11-12-31(24(33)9-13-34-2)22(16-30)17-4-5-17/h3,17-18,22H,1,4-13,15-16H2,2H3. The zero-order valence-electron chi connectivity index (χ0n) is 20.0. The highest BCUT2D eigenvalue weighted by Crippen LogP contribution is 2.45. The van der Waals surface area contributed by atoms with Gasteiger partial charge in [-0.2, -0.15) is 5.26 Å². The summed E-state index contributed by atoms with van der Waals surface area (Å²) in [6.45, 7) is 7.12. The van der Waals surface area contributed by atoms with E-state index < -0.39 is 0 Å². The minimum Gasteiger partial charge on any atom is -0.384 e. The number of piperazine rings is 1. The van der Waals surface area contributed by atoms with Crippen LogP contribution < -0.4 is 4.90 Å². The number of hydrogen-bond donors (Lipinski definition) is 0. The molecule has 2 saturated carbocycles. The van der Waals surface area contributed by atoms with Crippen LogP contribution in [0.5, 0.6) is 0 Å². The molecule has 3 fully saturated rings. The SMILES string of the molecule is C=CC(=O)N1CCc2c(C3CC3)nc(N3CCN(C(=O)CCOC)C(C4CC4)C3)c(C#N)c2C1. The minimum atomic E-state index is -0.0992. The number of hydrogen-bond acceptors (Lipinski definition) is 6. The Morgan fingerprint density at radius 1 is 1.21 bits per heavy atom. The zero-order chi connectivity index (χ0) is 23.8.